The second kappa shape index (κ2) is 4.72. The van der Waals surface area contributed by atoms with Crippen LogP contribution in [0, 0.1) is 5.92 Å². The lowest BCUT2D eigenvalue weighted by molar-refractivity contribution is -0.125. The van der Waals surface area contributed by atoms with Crippen molar-refractivity contribution in [1.82, 2.24) is 10.3 Å². The van der Waals surface area contributed by atoms with Crippen molar-refractivity contribution in [3.8, 4) is 0 Å². The van der Waals surface area contributed by atoms with Crippen LogP contribution in [-0.4, -0.2) is 16.9 Å². The Hall–Kier alpha value is -0.940. The molecule has 0 spiro atoms. The highest BCUT2D eigenvalue weighted by atomic mass is 32.1. The van der Waals surface area contributed by atoms with Crippen molar-refractivity contribution in [2.45, 2.75) is 31.8 Å². The molecule has 1 aliphatic carbocycles. The number of nitrogens with zero attached hydrogens (tertiary/aromatic N) is 1. The number of rotatable bonds is 3. The fourth-order valence-electron chi connectivity index (χ4n) is 1.95. The number of hydrogen-bond acceptors (Lipinski definition) is 4. The molecule has 2 rings (SSSR count). The Labute approximate surface area is 92.9 Å². The third-order valence-electron chi connectivity index (χ3n) is 2.83. The first kappa shape index (κ1) is 10.6. The molecule has 0 saturated heterocycles. The maximum absolute atomic E-state index is 11.7. The van der Waals surface area contributed by atoms with Crippen molar-refractivity contribution in [1.29, 1.82) is 0 Å². The quantitative estimate of drug-likeness (QED) is 0.802. The van der Waals surface area contributed by atoms with Gasteiger partial charge in [-0.25, -0.2) is 4.98 Å². The maximum atomic E-state index is 11.7. The Morgan fingerprint density at radius 2 is 2.53 bits per heavy atom. The first-order valence-electron chi connectivity index (χ1n) is 5.17. The van der Waals surface area contributed by atoms with Gasteiger partial charge >= 0.3 is 0 Å². The third kappa shape index (κ3) is 2.54. The first-order valence-corrected chi connectivity index (χ1v) is 6.12. The molecule has 3 N–H and O–H groups in total. The summed E-state index contributed by atoms with van der Waals surface area (Å²) < 4.78 is 0. The number of amides is 1. The summed E-state index contributed by atoms with van der Waals surface area (Å²) >= 11 is 1.54. The van der Waals surface area contributed by atoms with E-state index in [2.05, 4.69) is 10.3 Å². The van der Waals surface area contributed by atoms with Gasteiger partial charge in [0, 0.05) is 11.4 Å². The van der Waals surface area contributed by atoms with E-state index in [4.69, 9.17) is 5.73 Å². The molecule has 0 bridgehead atoms. The molecular formula is C10H15N3OS. The molecule has 2 unspecified atom stereocenters. The summed E-state index contributed by atoms with van der Waals surface area (Å²) in [5.74, 6) is 0.0802. The van der Waals surface area contributed by atoms with Gasteiger partial charge in [0.2, 0.25) is 5.91 Å². The molecule has 4 nitrogen and oxygen atoms in total. The lowest BCUT2D eigenvalue weighted by Gasteiger charge is -2.14. The standard InChI is InChI=1S/C10H15N3OS/c11-9-3-1-2-8(9)10(14)12-4-7-5-15-6-13-7/h5-6,8-9H,1-4,11H2,(H,12,14). The zero-order chi connectivity index (χ0) is 10.7. The molecule has 15 heavy (non-hydrogen) atoms. The van der Waals surface area contributed by atoms with E-state index < -0.39 is 0 Å². The van der Waals surface area contributed by atoms with Crippen LogP contribution in [0.2, 0.25) is 0 Å². The van der Waals surface area contributed by atoms with E-state index >= 15 is 0 Å². The van der Waals surface area contributed by atoms with Crippen molar-refractivity contribution in [3.63, 3.8) is 0 Å². The minimum absolute atomic E-state index is 0.00337. The monoisotopic (exact) mass is 225 g/mol. The summed E-state index contributed by atoms with van der Waals surface area (Å²) in [6.07, 6.45) is 2.95. The highest BCUT2D eigenvalue weighted by Crippen LogP contribution is 2.23. The SMILES string of the molecule is NC1CCCC1C(=O)NCc1cscn1. The molecule has 1 fully saturated rings. The second-order valence-corrected chi connectivity index (χ2v) is 4.62. The molecule has 1 aliphatic rings. The minimum atomic E-state index is 0.00337. The highest BCUT2D eigenvalue weighted by molar-refractivity contribution is 7.07. The van der Waals surface area contributed by atoms with Gasteiger partial charge in [0.25, 0.3) is 0 Å². The van der Waals surface area contributed by atoms with E-state index in [-0.39, 0.29) is 17.9 Å². The minimum Gasteiger partial charge on any atom is -0.350 e. The van der Waals surface area contributed by atoms with Crippen molar-refractivity contribution in [3.05, 3.63) is 16.6 Å². The van der Waals surface area contributed by atoms with Crippen molar-refractivity contribution in [2.75, 3.05) is 0 Å². The molecule has 1 heterocycles. The van der Waals surface area contributed by atoms with Crippen LogP contribution in [0.1, 0.15) is 25.0 Å². The van der Waals surface area contributed by atoms with Crippen LogP contribution in [0.15, 0.2) is 10.9 Å². The number of hydrogen-bond donors (Lipinski definition) is 2. The molecule has 0 radical (unpaired) electrons. The summed E-state index contributed by atoms with van der Waals surface area (Å²) in [6, 6.07) is 0.0421. The van der Waals surface area contributed by atoms with Gasteiger partial charge < -0.3 is 11.1 Å². The predicted molar refractivity (Wildman–Crippen MR) is 59.3 cm³/mol. The van der Waals surface area contributed by atoms with E-state index in [0.29, 0.717) is 6.54 Å². The molecule has 1 aromatic rings. The summed E-state index contributed by atoms with van der Waals surface area (Å²) in [7, 11) is 0. The molecule has 0 aliphatic heterocycles. The number of carbonyl (C=O) groups excluding carboxylic acids is 1. The van der Waals surface area contributed by atoms with Crippen LogP contribution >= 0.6 is 11.3 Å². The third-order valence-corrected chi connectivity index (χ3v) is 3.47. The molecular weight excluding hydrogens is 210 g/mol. The summed E-state index contributed by atoms with van der Waals surface area (Å²) in [4.78, 5) is 15.8. The van der Waals surface area contributed by atoms with Gasteiger partial charge in [0.1, 0.15) is 0 Å². The lowest BCUT2D eigenvalue weighted by atomic mass is 10.0. The smallest absolute Gasteiger partial charge is 0.224 e. The summed E-state index contributed by atoms with van der Waals surface area (Å²) in [5, 5.41) is 4.82. The summed E-state index contributed by atoms with van der Waals surface area (Å²) in [5.41, 5.74) is 8.54. The van der Waals surface area contributed by atoms with E-state index in [1.165, 1.54) is 11.3 Å². The van der Waals surface area contributed by atoms with Gasteiger partial charge in [-0.3, -0.25) is 4.79 Å². The maximum Gasteiger partial charge on any atom is 0.224 e. The molecule has 1 saturated carbocycles. The van der Waals surface area contributed by atoms with Crippen LogP contribution in [-0.2, 0) is 11.3 Å². The normalized spacial score (nSPS) is 25.4. The molecule has 5 heteroatoms. The zero-order valence-electron chi connectivity index (χ0n) is 8.48. The first-order chi connectivity index (χ1) is 7.27. The van der Waals surface area contributed by atoms with Gasteiger partial charge in [-0.15, -0.1) is 11.3 Å². The molecule has 0 aromatic carbocycles. The number of aromatic nitrogens is 1. The molecule has 82 valence electrons. The number of thiazole rings is 1. The van der Waals surface area contributed by atoms with Gasteiger partial charge in [0.05, 0.1) is 23.7 Å². The fourth-order valence-corrected chi connectivity index (χ4v) is 2.51. The molecule has 1 aromatic heterocycles. The van der Waals surface area contributed by atoms with E-state index in [0.717, 1.165) is 25.0 Å². The highest BCUT2D eigenvalue weighted by Gasteiger charge is 2.29. The fraction of sp³-hybridized carbons (Fsp3) is 0.600. The summed E-state index contributed by atoms with van der Waals surface area (Å²) in [6.45, 7) is 0.519. The van der Waals surface area contributed by atoms with Crippen LogP contribution < -0.4 is 11.1 Å². The van der Waals surface area contributed by atoms with Gasteiger partial charge in [-0.2, -0.15) is 0 Å². The van der Waals surface area contributed by atoms with Crippen molar-refractivity contribution < 1.29 is 4.79 Å². The van der Waals surface area contributed by atoms with Crippen molar-refractivity contribution >= 4 is 17.2 Å². The average molecular weight is 225 g/mol. The van der Waals surface area contributed by atoms with E-state index in [9.17, 15) is 4.79 Å². The van der Waals surface area contributed by atoms with E-state index in [1.807, 2.05) is 5.38 Å². The zero-order valence-corrected chi connectivity index (χ0v) is 9.30. The Bertz CT molecular complexity index is 325. The van der Waals surface area contributed by atoms with Crippen LogP contribution in [0.3, 0.4) is 0 Å². The van der Waals surface area contributed by atoms with Gasteiger partial charge in [0.15, 0.2) is 0 Å². The predicted octanol–water partition coefficient (Wildman–Crippen LogP) is 0.887. The second-order valence-electron chi connectivity index (χ2n) is 3.90. The van der Waals surface area contributed by atoms with E-state index in [1.54, 1.807) is 5.51 Å². The van der Waals surface area contributed by atoms with Crippen LogP contribution in [0.4, 0.5) is 0 Å². The Morgan fingerprint density at radius 3 is 3.13 bits per heavy atom. The average Bonchev–Trinajstić information content (AvgIpc) is 2.84. The molecule has 1 amide bonds. The number of nitrogens with two attached hydrogens (primary N) is 1. The Morgan fingerprint density at radius 1 is 1.67 bits per heavy atom. The number of carbonyl (C=O) groups is 1. The van der Waals surface area contributed by atoms with Crippen molar-refractivity contribution in [2.24, 2.45) is 11.7 Å². The Kier molecular flexibility index (Phi) is 3.33. The molecule has 2 atom stereocenters. The topological polar surface area (TPSA) is 68.0 Å². The largest absolute Gasteiger partial charge is 0.350 e. The van der Waals surface area contributed by atoms with Crippen LogP contribution in [0.5, 0.6) is 0 Å². The lowest BCUT2D eigenvalue weighted by Crippen LogP contribution is -2.38. The Balaban J connectivity index is 1.82. The van der Waals surface area contributed by atoms with Crippen LogP contribution in [0.25, 0.3) is 0 Å². The van der Waals surface area contributed by atoms with Gasteiger partial charge in [-0.05, 0) is 12.8 Å². The van der Waals surface area contributed by atoms with Gasteiger partial charge in [-0.1, -0.05) is 6.42 Å². The number of nitrogens with one attached hydrogen (secondary N) is 1.